The van der Waals surface area contributed by atoms with Crippen LogP contribution in [0.1, 0.15) is 12.8 Å². The van der Waals surface area contributed by atoms with Crippen LogP contribution in [0.5, 0.6) is 0 Å². The van der Waals surface area contributed by atoms with E-state index >= 15 is 0 Å². The molecule has 1 aliphatic rings. The van der Waals surface area contributed by atoms with E-state index in [1.54, 1.807) is 0 Å². The largest absolute Gasteiger partial charge is 0.402 e. The van der Waals surface area contributed by atoms with Gasteiger partial charge in [0.05, 0.1) is 0 Å². The summed E-state index contributed by atoms with van der Waals surface area (Å²) in [7, 11) is -4.06. The standard InChI is InChI=1S/C8H15F3N2O3S/c9-8(10,11)6-12-17(15,16)13-3-1-7(5-13)2-4-14/h7,12,14H,1-6H2. The highest BCUT2D eigenvalue weighted by atomic mass is 32.2. The van der Waals surface area contributed by atoms with E-state index in [4.69, 9.17) is 5.11 Å². The van der Waals surface area contributed by atoms with Gasteiger partial charge in [-0.2, -0.15) is 30.6 Å². The van der Waals surface area contributed by atoms with Crippen LogP contribution in [-0.4, -0.2) is 50.2 Å². The minimum atomic E-state index is -4.56. The van der Waals surface area contributed by atoms with Gasteiger partial charge in [0, 0.05) is 19.7 Å². The van der Waals surface area contributed by atoms with Gasteiger partial charge < -0.3 is 5.11 Å². The van der Waals surface area contributed by atoms with Gasteiger partial charge in [0.25, 0.3) is 10.2 Å². The molecular formula is C8H15F3N2O3S. The molecule has 0 bridgehead atoms. The van der Waals surface area contributed by atoms with Gasteiger partial charge in [-0.05, 0) is 18.8 Å². The Morgan fingerprint density at radius 3 is 2.59 bits per heavy atom. The maximum absolute atomic E-state index is 11.9. The topological polar surface area (TPSA) is 69.6 Å². The summed E-state index contributed by atoms with van der Waals surface area (Å²) >= 11 is 0. The van der Waals surface area contributed by atoms with Crippen LogP contribution in [0.25, 0.3) is 0 Å². The molecule has 1 unspecified atom stereocenters. The number of aliphatic hydroxyl groups is 1. The first-order valence-corrected chi connectivity index (χ1v) is 6.61. The Morgan fingerprint density at radius 1 is 1.41 bits per heavy atom. The number of aliphatic hydroxyl groups excluding tert-OH is 1. The molecule has 1 aliphatic heterocycles. The van der Waals surface area contributed by atoms with Gasteiger partial charge in [0.2, 0.25) is 0 Å². The monoisotopic (exact) mass is 276 g/mol. The quantitative estimate of drug-likeness (QED) is 0.747. The number of nitrogens with zero attached hydrogens (tertiary/aromatic N) is 1. The molecule has 1 heterocycles. The van der Waals surface area contributed by atoms with E-state index in [1.807, 2.05) is 0 Å². The molecule has 0 amide bonds. The Balaban J connectivity index is 2.49. The van der Waals surface area contributed by atoms with Crippen LogP contribution < -0.4 is 4.72 Å². The van der Waals surface area contributed by atoms with Crippen LogP contribution in [-0.2, 0) is 10.2 Å². The van der Waals surface area contributed by atoms with Gasteiger partial charge in [0.1, 0.15) is 6.54 Å². The fourth-order valence-electron chi connectivity index (χ4n) is 1.70. The molecule has 1 saturated heterocycles. The average molecular weight is 276 g/mol. The highest BCUT2D eigenvalue weighted by Crippen LogP contribution is 2.21. The molecular weight excluding hydrogens is 261 g/mol. The molecule has 0 radical (unpaired) electrons. The van der Waals surface area contributed by atoms with Crippen LogP contribution in [0.15, 0.2) is 0 Å². The average Bonchev–Trinajstić information content (AvgIpc) is 2.64. The van der Waals surface area contributed by atoms with E-state index in [1.165, 1.54) is 4.72 Å². The lowest BCUT2D eigenvalue weighted by Gasteiger charge is -2.17. The van der Waals surface area contributed by atoms with Crippen LogP contribution in [0.4, 0.5) is 13.2 Å². The summed E-state index contributed by atoms with van der Waals surface area (Å²) in [5.74, 6) is 0.0162. The van der Waals surface area contributed by atoms with E-state index in [0.717, 1.165) is 4.31 Å². The number of alkyl halides is 3. The van der Waals surface area contributed by atoms with Crippen molar-refractivity contribution < 1.29 is 26.7 Å². The third-order valence-corrected chi connectivity index (χ3v) is 4.10. The number of hydrogen-bond donors (Lipinski definition) is 2. The van der Waals surface area contributed by atoms with Crippen LogP contribution >= 0.6 is 0 Å². The van der Waals surface area contributed by atoms with Crippen molar-refractivity contribution in [3.05, 3.63) is 0 Å². The summed E-state index contributed by atoms with van der Waals surface area (Å²) in [6.07, 6.45) is -3.53. The van der Waals surface area contributed by atoms with Crippen LogP contribution in [0, 0.1) is 5.92 Å². The maximum atomic E-state index is 11.9. The Bertz CT molecular complexity index is 344. The molecule has 1 atom stereocenters. The second-order valence-electron chi connectivity index (χ2n) is 3.97. The van der Waals surface area contributed by atoms with Crippen molar-refractivity contribution in [1.82, 2.24) is 9.03 Å². The molecule has 9 heteroatoms. The molecule has 0 saturated carbocycles. The number of hydrogen-bond acceptors (Lipinski definition) is 3. The highest BCUT2D eigenvalue weighted by Gasteiger charge is 2.35. The molecule has 102 valence electrons. The molecule has 1 rings (SSSR count). The predicted molar refractivity (Wildman–Crippen MR) is 54.4 cm³/mol. The van der Waals surface area contributed by atoms with Gasteiger partial charge in [-0.15, -0.1) is 0 Å². The zero-order chi connectivity index (χ0) is 13.1. The van der Waals surface area contributed by atoms with E-state index < -0.39 is 22.9 Å². The summed E-state index contributed by atoms with van der Waals surface area (Å²) in [6.45, 7) is -1.25. The smallest absolute Gasteiger partial charge is 0.396 e. The van der Waals surface area contributed by atoms with Gasteiger partial charge in [-0.1, -0.05) is 0 Å². The van der Waals surface area contributed by atoms with Crippen LogP contribution in [0.2, 0.25) is 0 Å². The fourth-order valence-corrected chi connectivity index (χ4v) is 2.98. The second kappa shape index (κ2) is 5.51. The van der Waals surface area contributed by atoms with Gasteiger partial charge in [-0.3, -0.25) is 0 Å². The molecule has 1 fully saturated rings. The van der Waals surface area contributed by atoms with E-state index in [9.17, 15) is 21.6 Å². The van der Waals surface area contributed by atoms with Crippen molar-refractivity contribution in [1.29, 1.82) is 0 Å². The molecule has 17 heavy (non-hydrogen) atoms. The van der Waals surface area contributed by atoms with Gasteiger partial charge in [0.15, 0.2) is 0 Å². The summed E-state index contributed by atoms with van der Waals surface area (Å²) in [6, 6.07) is 0. The van der Waals surface area contributed by atoms with Crippen molar-refractivity contribution in [2.24, 2.45) is 5.92 Å². The summed E-state index contributed by atoms with van der Waals surface area (Å²) < 4.78 is 61.1. The number of rotatable bonds is 5. The first kappa shape index (κ1) is 14.7. The molecule has 0 aromatic rings. The Labute approximate surface area is 97.8 Å². The lowest BCUT2D eigenvalue weighted by atomic mass is 10.1. The van der Waals surface area contributed by atoms with Gasteiger partial charge >= 0.3 is 6.18 Å². The lowest BCUT2D eigenvalue weighted by molar-refractivity contribution is -0.121. The summed E-state index contributed by atoms with van der Waals surface area (Å²) in [5.41, 5.74) is 0. The van der Waals surface area contributed by atoms with Crippen LogP contribution in [0.3, 0.4) is 0 Å². The zero-order valence-electron chi connectivity index (χ0n) is 9.07. The van der Waals surface area contributed by atoms with Gasteiger partial charge in [-0.25, -0.2) is 0 Å². The predicted octanol–water partition coefficient (Wildman–Crippen LogP) is 0.0874. The summed E-state index contributed by atoms with van der Waals surface area (Å²) in [4.78, 5) is 0. The van der Waals surface area contributed by atoms with Crippen molar-refractivity contribution in [3.8, 4) is 0 Å². The molecule has 0 aromatic heterocycles. The molecule has 0 aromatic carbocycles. The number of nitrogens with one attached hydrogen (secondary N) is 1. The fraction of sp³-hybridized carbons (Fsp3) is 1.00. The highest BCUT2D eigenvalue weighted by molar-refractivity contribution is 7.87. The maximum Gasteiger partial charge on any atom is 0.402 e. The minimum absolute atomic E-state index is 0.0162. The van der Waals surface area contributed by atoms with E-state index in [0.29, 0.717) is 12.8 Å². The molecule has 2 N–H and O–H groups in total. The van der Waals surface area contributed by atoms with Crippen molar-refractivity contribution in [2.45, 2.75) is 19.0 Å². The third kappa shape index (κ3) is 4.78. The Hall–Kier alpha value is -0.380. The summed E-state index contributed by atoms with van der Waals surface area (Å²) in [5, 5.41) is 8.69. The second-order valence-corrected chi connectivity index (χ2v) is 5.72. The van der Waals surface area contributed by atoms with E-state index in [2.05, 4.69) is 0 Å². The zero-order valence-corrected chi connectivity index (χ0v) is 9.89. The first-order chi connectivity index (χ1) is 7.74. The molecule has 0 spiro atoms. The normalized spacial score (nSPS) is 23.2. The Kier molecular flexibility index (Phi) is 4.76. The van der Waals surface area contributed by atoms with Crippen molar-refractivity contribution in [2.75, 3.05) is 26.2 Å². The van der Waals surface area contributed by atoms with E-state index in [-0.39, 0.29) is 25.6 Å². The van der Waals surface area contributed by atoms with Crippen molar-refractivity contribution in [3.63, 3.8) is 0 Å². The molecule has 0 aliphatic carbocycles. The lowest BCUT2D eigenvalue weighted by Crippen LogP contribution is -2.43. The first-order valence-electron chi connectivity index (χ1n) is 5.17. The Morgan fingerprint density at radius 2 is 2.06 bits per heavy atom. The minimum Gasteiger partial charge on any atom is -0.396 e. The SMILES string of the molecule is O=S(=O)(NCC(F)(F)F)N1CCC(CCO)C1. The number of halogens is 3. The third-order valence-electron chi connectivity index (χ3n) is 2.58. The van der Waals surface area contributed by atoms with Crippen molar-refractivity contribution >= 4 is 10.2 Å². The molecule has 5 nitrogen and oxygen atoms in total.